The van der Waals surface area contributed by atoms with Crippen LogP contribution in [0.2, 0.25) is 0 Å². The summed E-state index contributed by atoms with van der Waals surface area (Å²) in [6.07, 6.45) is 0. The molecule has 0 unspecified atom stereocenters. The molecule has 1 aromatic rings. The number of carbonyl (C=O) groups is 1. The zero-order chi connectivity index (χ0) is 11.3. The minimum absolute atomic E-state index is 0.0560. The summed E-state index contributed by atoms with van der Waals surface area (Å²) in [5.41, 5.74) is 0.0560. The first kappa shape index (κ1) is 11.7. The Morgan fingerprint density at radius 3 is 2.80 bits per heavy atom. The summed E-state index contributed by atoms with van der Waals surface area (Å²) >= 11 is 0. The molecule has 0 bridgehead atoms. The van der Waals surface area contributed by atoms with Crippen molar-refractivity contribution in [3.8, 4) is 0 Å². The smallest absolute Gasteiger partial charge is 0.254 e. The third-order valence-electron chi connectivity index (χ3n) is 1.91. The zero-order valence-electron chi connectivity index (χ0n) is 8.79. The van der Waals surface area contributed by atoms with E-state index < -0.39 is 11.7 Å². The second-order valence-corrected chi connectivity index (χ2v) is 3.31. The highest BCUT2D eigenvalue weighted by Gasteiger charge is 2.12. The Hall–Kier alpha value is -1.42. The van der Waals surface area contributed by atoms with Gasteiger partial charge in [0.05, 0.1) is 12.2 Å². The number of hydrogen-bond donors (Lipinski definition) is 1. The molecule has 0 spiro atoms. The summed E-state index contributed by atoms with van der Waals surface area (Å²) in [4.78, 5) is 11.5. The fourth-order valence-corrected chi connectivity index (χ4v) is 1.24. The molecule has 4 heteroatoms. The molecule has 0 aliphatic rings. The topological polar surface area (TPSA) is 38.3 Å². The minimum Gasteiger partial charge on any atom is -0.383 e. The Kier molecular flexibility index (Phi) is 4.24. The van der Waals surface area contributed by atoms with Gasteiger partial charge in [-0.25, -0.2) is 4.39 Å². The molecule has 0 aromatic heterocycles. The van der Waals surface area contributed by atoms with E-state index in [0.29, 0.717) is 6.61 Å². The molecule has 0 aliphatic carbocycles. The standard InChI is InChI=1S/C11H14FNO2/c1-8(7-15-2)13-11(14)9-5-3-4-6-10(9)12/h3-6,8H,7H2,1-2H3,(H,13,14)/t8-/m1/s1. The number of rotatable bonds is 4. The van der Waals surface area contributed by atoms with Crippen LogP contribution in [0.3, 0.4) is 0 Å². The Morgan fingerprint density at radius 2 is 2.20 bits per heavy atom. The van der Waals surface area contributed by atoms with Gasteiger partial charge < -0.3 is 10.1 Å². The van der Waals surface area contributed by atoms with Gasteiger partial charge in [-0.05, 0) is 19.1 Å². The monoisotopic (exact) mass is 211 g/mol. The highest BCUT2D eigenvalue weighted by molar-refractivity contribution is 5.94. The number of hydrogen-bond acceptors (Lipinski definition) is 2. The zero-order valence-corrected chi connectivity index (χ0v) is 8.79. The van der Waals surface area contributed by atoms with Crippen molar-refractivity contribution < 1.29 is 13.9 Å². The fraction of sp³-hybridized carbons (Fsp3) is 0.364. The van der Waals surface area contributed by atoms with Crippen LogP contribution >= 0.6 is 0 Å². The molecule has 82 valence electrons. The molecule has 1 N–H and O–H groups in total. The number of methoxy groups -OCH3 is 1. The number of carbonyl (C=O) groups excluding carboxylic acids is 1. The van der Waals surface area contributed by atoms with Gasteiger partial charge in [-0.3, -0.25) is 4.79 Å². The van der Waals surface area contributed by atoms with Gasteiger partial charge in [0.1, 0.15) is 5.82 Å². The molecule has 3 nitrogen and oxygen atoms in total. The lowest BCUT2D eigenvalue weighted by molar-refractivity contribution is 0.0901. The third kappa shape index (κ3) is 3.32. The molecular formula is C11H14FNO2. The summed E-state index contributed by atoms with van der Waals surface area (Å²) in [7, 11) is 1.55. The van der Waals surface area contributed by atoms with Crippen LogP contribution in [0.1, 0.15) is 17.3 Å². The first-order chi connectivity index (χ1) is 7.15. The quantitative estimate of drug-likeness (QED) is 0.821. The van der Waals surface area contributed by atoms with Crippen LogP contribution < -0.4 is 5.32 Å². The molecule has 0 heterocycles. The van der Waals surface area contributed by atoms with Crippen molar-refractivity contribution in [3.63, 3.8) is 0 Å². The van der Waals surface area contributed by atoms with Gasteiger partial charge in [0.2, 0.25) is 0 Å². The van der Waals surface area contributed by atoms with E-state index >= 15 is 0 Å². The van der Waals surface area contributed by atoms with Crippen LogP contribution in [-0.2, 0) is 4.74 Å². The minimum atomic E-state index is -0.514. The van der Waals surface area contributed by atoms with Crippen molar-refractivity contribution in [2.75, 3.05) is 13.7 Å². The molecule has 0 saturated heterocycles. The summed E-state index contributed by atoms with van der Waals surface area (Å²) in [6.45, 7) is 2.20. The summed E-state index contributed by atoms with van der Waals surface area (Å²) in [5, 5.41) is 2.63. The molecule has 1 rings (SSSR count). The van der Waals surface area contributed by atoms with E-state index in [4.69, 9.17) is 4.74 Å². The van der Waals surface area contributed by atoms with Gasteiger partial charge in [-0.15, -0.1) is 0 Å². The lowest BCUT2D eigenvalue weighted by Gasteiger charge is -2.12. The predicted octanol–water partition coefficient (Wildman–Crippen LogP) is 1.59. The fourth-order valence-electron chi connectivity index (χ4n) is 1.24. The van der Waals surface area contributed by atoms with Gasteiger partial charge in [-0.1, -0.05) is 12.1 Å². The Bertz CT molecular complexity index is 341. The van der Waals surface area contributed by atoms with Crippen LogP contribution in [0, 0.1) is 5.82 Å². The number of ether oxygens (including phenoxy) is 1. The highest BCUT2D eigenvalue weighted by atomic mass is 19.1. The highest BCUT2D eigenvalue weighted by Crippen LogP contribution is 2.06. The summed E-state index contributed by atoms with van der Waals surface area (Å²) in [6, 6.07) is 5.74. The van der Waals surface area contributed by atoms with Gasteiger partial charge in [0.15, 0.2) is 0 Å². The van der Waals surface area contributed by atoms with E-state index in [1.165, 1.54) is 12.1 Å². The van der Waals surface area contributed by atoms with E-state index in [9.17, 15) is 9.18 Å². The number of halogens is 1. The van der Waals surface area contributed by atoms with Crippen molar-refractivity contribution in [2.24, 2.45) is 0 Å². The largest absolute Gasteiger partial charge is 0.383 e. The van der Waals surface area contributed by atoms with Crippen LogP contribution in [-0.4, -0.2) is 25.7 Å². The van der Waals surface area contributed by atoms with E-state index in [0.717, 1.165) is 0 Å². The van der Waals surface area contributed by atoms with Crippen molar-refractivity contribution >= 4 is 5.91 Å². The molecule has 15 heavy (non-hydrogen) atoms. The number of nitrogens with one attached hydrogen (secondary N) is 1. The van der Waals surface area contributed by atoms with Crippen LogP contribution in [0.4, 0.5) is 4.39 Å². The van der Waals surface area contributed by atoms with Crippen molar-refractivity contribution in [1.29, 1.82) is 0 Å². The van der Waals surface area contributed by atoms with Gasteiger partial charge in [-0.2, -0.15) is 0 Å². The maximum atomic E-state index is 13.2. The van der Waals surface area contributed by atoms with E-state index in [1.807, 2.05) is 0 Å². The van der Waals surface area contributed by atoms with Crippen LogP contribution in [0.25, 0.3) is 0 Å². The molecule has 1 amide bonds. The first-order valence-electron chi connectivity index (χ1n) is 4.69. The first-order valence-corrected chi connectivity index (χ1v) is 4.69. The lowest BCUT2D eigenvalue weighted by Crippen LogP contribution is -2.36. The Balaban J connectivity index is 2.65. The van der Waals surface area contributed by atoms with E-state index in [-0.39, 0.29) is 11.6 Å². The SMILES string of the molecule is COC[C@@H](C)NC(=O)c1ccccc1F. The Morgan fingerprint density at radius 1 is 1.53 bits per heavy atom. The molecule has 1 atom stereocenters. The Labute approximate surface area is 88.2 Å². The van der Waals surface area contributed by atoms with Gasteiger partial charge >= 0.3 is 0 Å². The van der Waals surface area contributed by atoms with Crippen LogP contribution in [0.5, 0.6) is 0 Å². The molecule has 0 saturated carbocycles. The molecular weight excluding hydrogens is 197 g/mol. The van der Waals surface area contributed by atoms with Gasteiger partial charge in [0, 0.05) is 13.2 Å². The second kappa shape index (κ2) is 5.46. The molecule has 0 fully saturated rings. The summed E-state index contributed by atoms with van der Waals surface area (Å²) < 4.78 is 18.0. The normalized spacial score (nSPS) is 12.2. The van der Waals surface area contributed by atoms with E-state index in [1.54, 1.807) is 26.2 Å². The number of benzene rings is 1. The maximum Gasteiger partial charge on any atom is 0.254 e. The van der Waals surface area contributed by atoms with Crippen molar-refractivity contribution in [3.05, 3.63) is 35.6 Å². The lowest BCUT2D eigenvalue weighted by atomic mass is 10.2. The average molecular weight is 211 g/mol. The van der Waals surface area contributed by atoms with Crippen molar-refractivity contribution in [2.45, 2.75) is 13.0 Å². The second-order valence-electron chi connectivity index (χ2n) is 3.31. The number of amides is 1. The summed E-state index contributed by atoms with van der Waals surface area (Å²) in [5.74, 6) is -0.933. The third-order valence-corrected chi connectivity index (χ3v) is 1.91. The molecule has 1 aromatic carbocycles. The van der Waals surface area contributed by atoms with Gasteiger partial charge in [0.25, 0.3) is 5.91 Å². The van der Waals surface area contributed by atoms with Crippen molar-refractivity contribution in [1.82, 2.24) is 5.32 Å². The molecule has 0 radical (unpaired) electrons. The maximum absolute atomic E-state index is 13.2. The van der Waals surface area contributed by atoms with Crippen LogP contribution in [0.15, 0.2) is 24.3 Å². The molecule has 0 aliphatic heterocycles. The predicted molar refractivity (Wildman–Crippen MR) is 55.2 cm³/mol. The average Bonchev–Trinajstić information content (AvgIpc) is 2.18. The van der Waals surface area contributed by atoms with E-state index in [2.05, 4.69) is 5.32 Å².